The van der Waals surface area contributed by atoms with Crippen molar-refractivity contribution >= 4 is 29.6 Å². The third-order valence-electron chi connectivity index (χ3n) is 4.83. The van der Waals surface area contributed by atoms with Gasteiger partial charge in [-0.2, -0.15) is 5.10 Å². The number of hydrogen-bond acceptors (Lipinski definition) is 7. The Hall–Kier alpha value is -4.08. The van der Waals surface area contributed by atoms with Crippen LogP contribution in [0, 0.1) is 0 Å². The lowest BCUT2D eigenvalue weighted by Gasteiger charge is -2.36. The number of benzene rings is 2. The molecular formula is C22H25N5O5. The van der Waals surface area contributed by atoms with E-state index in [9.17, 15) is 14.4 Å². The molecule has 0 aromatic heterocycles. The third kappa shape index (κ3) is 5.97. The van der Waals surface area contributed by atoms with Crippen molar-refractivity contribution in [3.8, 4) is 11.5 Å². The molecule has 3 rings (SSSR count). The van der Waals surface area contributed by atoms with Gasteiger partial charge in [0.1, 0.15) is 11.5 Å². The summed E-state index contributed by atoms with van der Waals surface area (Å²) in [4.78, 5) is 38.9. The van der Waals surface area contributed by atoms with E-state index in [-0.39, 0.29) is 6.61 Å². The molecule has 1 aliphatic rings. The molecule has 10 nitrogen and oxygen atoms in total. The summed E-state index contributed by atoms with van der Waals surface area (Å²) in [7, 11) is 1.62. The fourth-order valence-electron chi connectivity index (χ4n) is 3.20. The molecule has 1 aliphatic heterocycles. The predicted octanol–water partition coefficient (Wildman–Crippen LogP) is 0.358. The average molecular weight is 439 g/mol. The van der Waals surface area contributed by atoms with Crippen molar-refractivity contribution in [2.45, 2.75) is 0 Å². The summed E-state index contributed by atoms with van der Waals surface area (Å²) in [6.07, 6.45) is 1.41. The molecule has 3 N–H and O–H groups in total. The molecule has 1 fully saturated rings. The molecule has 2 aromatic carbocycles. The molecule has 0 saturated carbocycles. The van der Waals surface area contributed by atoms with Crippen molar-refractivity contribution in [1.29, 1.82) is 0 Å². The lowest BCUT2D eigenvalue weighted by Crippen LogP contribution is -2.52. The summed E-state index contributed by atoms with van der Waals surface area (Å²) in [6.45, 7) is 1.81. The Kier molecular flexibility index (Phi) is 7.63. The van der Waals surface area contributed by atoms with E-state index in [0.29, 0.717) is 37.5 Å². The maximum atomic E-state index is 12.4. The number of hydrazone groups is 1. The lowest BCUT2D eigenvalue weighted by atomic mass is 10.2. The summed E-state index contributed by atoms with van der Waals surface area (Å²) in [5.74, 6) is -0.742. The van der Waals surface area contributed by atoms with Crippen molar-refractivity contribution in [3.05, 3.63) is 54.1 Å². The standard InChI is InChI=1S/C22H25N5O5/c1-31-19-5-3-2-4-18(19)26-10-12-27(13-11-26)22(30)21(29)25-24-14-16-6-8-17(9-7-16)32-15-20(23)28/h2-9,14H,10-13,15H2,1H3,(H2,23,28)(H,25,29). The fraction of sp³-hybridized carbons (Fsp3) is 0.273. The molecule has 10 heteroatoms. The number of carbonyl (C=O) groups is 3. The van der Waals surface area contributed by atoms with E-state index in [2.05, 4.69) is 15.4 Å². The summed E-state index contributed by atoms with van der Waals surface area (Å²) in [5, 5.41) is 3.83. The van der Waals surface area contributed by atoms with Gasteiger partial charge in [-0.1, -0.05) is 12.1 Å². The Balaban J connectivity index is 1.47. The van der Waals surface area contributed by atoms with Gasteiger partial charge in [-0.25, -0.2) is 5.43 Å². The highest BCUT2D eigenvalue weighted by Gasteiger charge is 2.26. The smallest absolute Gasteiger partial charge is 0.329 e. The number of anilines is 1. The van der Waals surface area contributed by atoms with Gasteiger partial charge in [-0.3, -0.25) is 14.4 Å². The van der Waals surface area contributed by atoms with Crippen LogP contribution in [0.2, 0.25) is 0 Å². The zero-order chi connectivity index (χ0) is 22.9. The van der Waals surface area contributed by atoms with Crippen molar-refractivity contribution in [3.63, 3.8) is 0 Å². The van der Waals surface area contributed by atoms with E-state index in [0.717, 1.165) is 11.4 Å². The number of ether oxygens (including phenoxy) is 2. The minimum Gasteiger partial charge on any atom is -0.495 e. The van der Waals surface area contributed by atoms with Crippen LogP contribution in [0.5, 0.6) is 11.5 Å². The molecule has 0 spiro atoms. The molecule has 0 unspecified atom stereocenters. The minimum atomic E-state index is -0.798. The molecule has 0 aliphatic carbocycles. The van der Waals surface area contributed by atoms with E-state index in [1.54, 1.807) is 31.4 Å². The Bertz CT molecular complexity index is 984. The van der Waals surface area contributed by atoms with Crippen LogP contribution in [0.1, 0.15) is 5.56 Å². The quantitative estimate of drug-likeness (QED) is 0.364. The second-order valence-electron chi connectivity index (χ2n) is 6.97. The SMILES string of the molecule is COc1ccccc1N1CCN(C(=O)C(=O)NN=Cc2ccc(OCC(N)=O)cc2)CC1. The monoisotopic (exact) mass is 439 g/mol. The van der Waals surface area contributed by atoms with E-state index in [4.69, 9.17) is 15.2 Å². The number of nitrogens with one attached hydrogen (secondary N) is 1. The maximum absolute atomic E-state index is 12.4. The molecule has 1 saturated heterocycles. The topological polar surface area (TPSA) is 127 Å². The Morgan fingerprint density at radius 3 is 2.41 bits per heavy atom. The zero-order valence-corrected chi connectivity index (χ0v) is 17.7. The van der Waals surface area contributed by atoms with E-state index in [1.165, 1.54) is 11.1 Å². The highest BCUT2D eigenvalue weighted by Crippen LogP contribution is 2.28. The molecule has 1 heterocycles. The molecule has 0 bridgehead atoms. The van der Waals surface area contributed by atoms with E-state index < -0.39 is 17.7 Å². The number of nitrogens with zero attached hydrogens (tertiary/aromatic N) is 3. The van der Waals surface area contributed by atoms with Gasteiger partial charge in [0, 0.05) is 26.2 Å². The number of methoxy groups -OCH3 is 1. The third-order valence-corrected chi connectivity index (χ3v) is 4.83. The molecular weight excluding hydrogens is 414 g/mol. The summed E-state index contributed by atoms with van der Waals surface area (Å²) < 4.78 is 10.6. The summed E-state index contributed by atoms with van der Waals surface area (Å²) in [6, 6.07) is 14.3. The first-order chi connectivity index (χ1) is 15.5. The molecule has 3 amide bonds. The van der Waals surface area contributed by atoms with Gasteiger partial charge in [0.05, 0.1) is 19.0 Å². The molecule has 2 aromatic rings. The van der Waals surface area contributed by atoms with E-state index in [1.807, 2.05) is 24.3 Å². The Morgan fingerprint density at radius 1 is 1.06 bits per heavy atom. The molecule has 0 radical (unpaired) electrons. The molecule has 0 atom stereocenters. The normalized spacial score (nSPS) is 13.7. The highest BCUT2D eigenvalue weighted by molar-refractivity contribution is 6.35. The van der Waals surface area contributed by atoms with Gasteiger partial charge in [-0.05, 0) is 42.0 Å². The summed E-state index contributed by atoms with van der Waals surface area (Å²) >= 11 is 0. The first-order valence-corrected chi connectivity index (χ1v) is 9.99. The number of hydrogen-bond donors (Lipinski definition) is 2. The predicted molar refractivity (Wildman–Crippen MR) is 119 cm³/mol. The maximum Gasteiger partial charge on any atom is 0.329 e. The lowest BCUT2D eigenvalue weighted by molar-refractivity contribution is -0.146. The van der Waals surface area contributed by atoms with Crippen molar-refractivity contribution in [1.82, 2.24) is 10.3 Å². The molecule has 32 heavy (non-hydrogen) atoms. The highest BCUT2D eigenvalue weighted by atomic mass is 16.5. The van der Waals surface area contributed by atoms with Crippen LogP contribution in [-0.4, -0.2) is 68.7 Å². The second-order valence-corrected chi connectivity index (χ2v) is 6.97. The largest absolute Gasteiger partial charge is 0.495 e. The van der Waals surface area contributed by atoms with Crippen LogP contribution in [0.4, 0.5) is 5.69 Å². The van der Waals surface area contributed by atoms with Gasteiger partial charge in [0.25, 0.3) is 5.91 Å². The van der Waals surface area contributed by atoms with Crippen LogP contribution < -0.4 is 25.5 Å². The number of rotatable bonds is 7. The van der Waals surface area contributed by atoms with Crippen LogP contribution in [0.25, 0.3) is 0 Å². The van der Waals surface area contributed by atoms with Crippen molar-refractivity contribution in [2.75, 3.05) is 44.8 Å². The van der Waals surface area contributed by atoms with Crippen molar-refractivity contribution in [2.24, 2.45) is 10.8 Å². The van der Waals surface area contributed by atoms with Crippen LogP contribution >= 0.6 is 0 Å². The zero-order valence-electron chi connectivity index (χ0n) is 17.7. The van der Waals surface area contributed by atoms with Gasteiger partial charge in [0.15, 0.2) is 6.61 Å². The van der Waals surface area contributed by atoms with Gasteiger partial charge in [-0.15, -0.1) is 0 Å². The average Bonchev–Trinajstić information content (AvgIpc) is 2.83. The Morgan fingerprint density at radius 2 is 1.75 bits per heavy atom. The number of carbonyl (C=O) groups excluding carboxylic acids is 3. The Labute approximate surface area is 185 Å². The van der Waals surface area contributed by atoms with Gasteiger partial charge >= 0.3 is 11.8 Å². The van der Waals surface area contributed by atoms with Gasteiger partial charge in [0.2, 0.25) is 0 Å². The van der Waals surface area contributed by atoms with Gasteiger partial charge < -0.3 is 25.0 Å². The van der Waals surface area contributed by atoms with Crippen LogP contribution in [0.3, 0.4) is 0 Å². The number of nitrogens with two attached hydrogens (primary N) is 1. The summed E-state index contributed by atoms with van der Waals surface area (Å²) in [5.41, 5.74) is 8.92. The minimum absolute atomic E-state index is 0.210. The van der Waals surface area contributed by atoms with Crippen molar-refractivity contribution < 1.29 is 23.9 Å². The van der Waals surface area contributed by atoms with Crippen LogP contribution in [-0.2, 0) is 14.4 Å². The fourth-order valence-corrected chi connectivity index (χ4v) is 3.20. The first-order valence-electron chi connectivity index (χ1n) is 9.99. The number of amides is 3. The van der Waals surface area contributed by atoms with E-state index >= 15 is 0 Å². The second kappa shape index (κ2) is 10.8. The van der Waals surface area contributed by atoms with Crippen LogP contribution in [0.15, 0.2) is 53.6 Å². The first kappa shape index (κ1) is 22.6. The number of para-hydroxylation sites is 2. The number of piperazine rings is 1. The molecule has 168 valence electrons. The number of primary amides is 1.